The van der Waals surface area contributed by atoms with Crippen molar-refractivity contribution in [1.82, 2.24) is 0 Å². The van der Waals surface area contributed by atoms with E-state index >= 15 is 0 Å². The number of nitrogens with one attached hydrogen (secondary N) is 1. The Hall–Kier alpha value is -2.16. The molecule has 0 bridgehead atoms. The minimum Gasteiger partial charge on any atom is -0.550 e. The van der Waals surface area contributed by atoms with Gasteiger partial charge in [-0.05, 0) is 25.0 Å². The molecule has 1 aromatic carbocycles. The van der Waals surface area contributed by atoms with Gasteiger partial charge in [0.2, 0.25) is 0 Å². The van der Waals surface area contributed by atoms with Gasteiger partial charge in [-0.1, -0.05) is 0 Å². The maximum atomic E-state index is 11.3. The Labute approximate surface area is 115 Å². The maximum absolute atomic E-state index is 11.3. The second kappa shape index (κ2) is 6.33. The summed E-state index contributed by atoms with van der Waals surface area (Å²) in [5.41, 5.74) is -0.234. The zero-order valence-electron chi connectivity index (χ0n) is 10.7. The Bertz CT molecular complexity index is 626. The fraction of sp³-hybridized carbons (Fsp3) is 0.364. The van der Waals surface area contributed by atoms with Gasteiger partial charge in [0.25, 0.3) is 5.69 Å². The zero-order chi connectivity index (χ0) is 15.3. The quantitative estimate of drug-likeness (QED) is 0.424. The largest absolute Gasteiger partial charge is 0.550 e. The van der Waals surface area contributed by atoms with Crippen LogP contribution in [0, 0.1) is 10.1 Å². The lowest BCUT2D eigenvalue weighted by Crippen LogP contribution is -2.22. The summed E-state index contributed by atoms with van der Waals surface area (Å²) in [7, 11) is -3.53. The van der Waals surface area contributed by atoms with Crippen molar-refractivity contribution in [3.8, 4) is 0 Å². The van der Waals surface area contributed by atoms with E-state index in [4.69, 9.17) is 0 Å². The molecular formula is C11H13N2O6S-. The maximum Gasteiger partial charge on any atom is 0.293 e. The topological polar surface area (TPSA) is 129 Å². The highest BCUT2D eigenvalue weighted by Gasteiger charge is 2.18. The molecule has 0 aliphatic heterocycles. The molecule has 0 saturated heterocycles. The fourth-order valence-electron chi connectivity index (χ4n) is 1.50. The molecule has 110 valence electrons. The number of benzene rings is 1. The molecule has 1 N–H and O–H groups in total. The molecule has 0 fully saturated rings. The van der Waals surface area contributed by atoms with Gasteiger partial charge in [0.1, 0.15) is 5.69 Å². The van der Waals surface area contributed by atoms with Crippen LogP contribution in [0.2, 0.25) is 0 Å². The van der Waals surface area contributed by atoms with Gasteiger partial charge in [0.15, 0.2) is 9.84 Å². The third-order valence-electron chi connectivity index (χ3n) is 2.47. The van der Waals surface area contributed by atoms with E-state index in [-0.39, 0.29) is 35.7 Å². The van der Waals surface area contributed by atoms with Crippen molar-refractivity contribution in [3.05, 3.63) is 28.3 Å². The molecule has 1 aromatic rings. The summed E-state index contributed by atoms with van der Waals surface area (Å²) >= 11 is 0. The van der Waals surface area contributed by atoms with Crippen molar-refractivity contribution in [1.29, 1.82) is 0 Å². The van der Waals surface area contributed by atoms with Crippen molar-refractivity contribution in [2.24, 2.45) is 0 Å². The number of hydrogen-bond donors (Lipinski definition) is 1. The molecule has 9 heteroatoms. The first-order valence-electron chi connectivity index (χ1n) is 5.64. The molecule has 0 radical (unpaired) electrons. The molecule has 0 heterocycles. The lowest BCUT2D eigenvalue weighted by molar-refractivity contribution is -0.384. The second-order valence-electron chi connectivity index (χ2n) is 4.11. The van der Waals surface area contributed by atoms with Crippen LogP contribution < -0.4 is 10.4 Å². The van der Waals surface area contributed by atoms with Crippen LogP contribution in [0.1, 0.15) is 12.8 Å². The second-order valence-corrected chi connectivity index (χ2v) is 6.13. The number of anilines is 1. The first-order chi connectivity index (χ1) is 9.21. The predicted molar refractivity (Wildman–Crippen MR) is 68.9 cm³/mol. The normalized spacial score (nSPS) is 11.1. The Morgan fingerprint density at radius 1 is 1.40 bits per heavy atom. The molecule has 0 amide bonds. The van der Waals surface area contributed by atoms with Gasteiger partial charge in [-0.2, -0.15) is 0 Å². The van der Waals surface area contributed by atoms with Gasteiger partial charge in [0.05, 0.1) is 9.82 Å². The van der Waals surface area contributed by atoms with Crippen LogP contribution in [0.5, 0.6) is 0 Å². The Morgan fingerprint density at radius 3 is 2.55 bits per heavy atom. The highest BCUT2D eigenvalue weighted by atomic mass is 32.2. The fourth-order valence-corrected chi connectivity index (χ4v) is 2.14. The van der Waals surface area contributed by atoms with Crippen molar-refractivity contribution >= 4 is 27.2 Å². The van der Waals surface area contributed by atoms with Crippen molar-refractivity contribution < 1.29 is 23.2 Å². The number of carboxylic acid groups (broad SMARTS) is 1. The number of hydrogen-bond acceptors (Lipinski definition) is 7. The molecule has 8 nitrogen and oxygen atoms in total. The predicted octanol–water partition coefficient (Wildman–Crippen LogP) is -0.0597. The van der Waals surface area contributed by atoms with E-state index in [0.717, 1.165) is 12.3 Å². The van der Waals surface area contributed by atoms with E-state index in [2.05, 4.69) is 5.32 Å². The van der Waals surface area contributed by atoms with Gasteiger partial charge >= 0.3 is 0 Å². The Morgan fingerprint density at radius 2 is 2.05 bits per heavy atom. The first kappa shape index (κ1) is 15.9. The average Bonchev–Trinajstić information content (AvgIpc) is 2.33. The molecular weight excluding hydrogens is 288 g/mol. The minimum absolute atomic E-state index is 0.140. The van der Waals surface area contributed by atoms with Crippen LogP contribution in [-0.2, 0) is 14.6 Å². The third-order valence-corrected chi connectivity index (χ3v) is 3.58. The van der Waals surface area contributed by atoms with E-state index in [0.29, 0.717) is 0 Å². The highest BCUT2D eigenvalue weighted by Crippen LogP contribution is 2.27. The van der Waals surface area contributed by atoms with Crippen LogP contribution in [-0.4, -0.2) is 32.1 Å². The molecule has 0 saturated carbocycles. The van der Waals surface area contributed by atoms with Crippen molar-refractivity contribution in [2.45, 2.75) is 17.7 Å². The molecule has 1 rings (SSSR count). The van der Waals surface area contributed by atoms with E-state index in [1.807, 2.05) is 0 Å². The summed E-state index contributed by atoms with van der Waals surface area (Å²) < 4.78 is 22.7. The van der Waals surface area contributed by atoms with Crippen LogP contribution >= 0.6 is 0 Å². The average molecular weight is 301 g/mol. The molecule has 0 aliphatic carbocycles. The SMILES string of the molecule is CS(=O)(=O)c1ccc(NCCCC(=O)[O-])c([N+](=O)[O-])c1. The third kappa shape index (κ3) is 4.50. The minimum atomic E-state index is -3.53. The number of aliphatic carboxylic acids is 1. The van der Waals surface area contributed by atoms with Crippen LogP contribution in [0.25, 0.3) is 0 Å². The zero-order valence-corrected chi connectivity index (χ0v) is 11.5. The van der Waals surface area contributed by atoms with E-state index < -0.39 is 20.7 Å². The van der Waals surface area contributed by atoms with Gasteiger partial charge in [0, 0.05) is 24.8 Å². The number of nitro benzene ring substituents is 1. The highest BCUT2D eigenvalue weighted by molar-refractivity contribution is 7.90. The summed E-state index contributed by atoms with van der Waals surface area (Å²) in [4.78, 5) is 20.3. The standard InChI is InChI=1S/C11H14N2O6S/c1-20(18,19)8-4-5-9(10(7-8)13(16)17)12-6-2-3-11(14)15/h4-5,7,12H,2-3,6H2,1H3,(H,14,15)/p-1. The molecule has 0 aromatic heterocycles. The van der Waals surface area contributed by atoms with E-state index in [9.17, 15) is 28.4 Å². The molecule has 0 aliphatic rings. The first-order valence-corrected chi connectivity index (χ1v) is 7.53. The van der Waals surface area contributed by atoms with Crippen LogP contribution in [0.4, 0.5) is 11.4 Å². The Kier molecular flexibility index (Phi) is 5.03. The summed E-state index contributed by atoms with van der Waals surface area (Å²) in [5.74, 6) is -1.20. The van der Waals surface area contributed by atoms with E-state index in [1.54, 1.807) is 0 Å². The summed E-state index contributed by atoms with van der Waals surface area (Å²) in [6.07, 6.45) is 1.04. The number of sulfone groups is 1. The smallest absolute Gasteiger partial charge is 0.293 e. The van der Waals surface area contributed by atoms with Crippen molar-refractivity contribution in [2.75, 3.05) is 18.1 Å². The molecule has 0 atom stereocenters. The van der Waals surface area contributed by atoms with Crippen LogP contribution in [0.15, 0.2) is 23.1 Å². The molecule has 20 heavy (non-hydrogen) atoms. The number of nitrogens with zero attached hydrogens (tertiary/aromatic N) is 1. The summed E-state index contributed by atoms with van der Waals surface area (Å²) in [5, 5.41) is 23.8. The lowest BCUT2D eigenvalue weighted by Gasteiger charge is -2.08. The Balaban J connectivity index is 2.91. The number of rotatable bonds is 7. The van der Waals surface area contributed by atoms with E-state index in [1.165, 1.54) is 12.1 Å². The number of carboxylic acids is 1. The number of carbonyl (C=O) groups excluding carboxylic acids is 1. The molecule has 0 spiro atoms. The van der Waals surface area contributed by atoms with Gasteiger partial charge < -0.3 is 15.2 Å². The molecule has 0 unspecified atom stereocenters. The van der Waals surface area contributed by atoms with Gasteiger partial charge in [-0.3, -0.25) is 10.1 Å². The summed E-state index contributed by atoms with van der Waals surface area (Å²) in [6.45, 7) is 0.201. The van der Waals surface area contributed by atoms with Gasteiger partial charge in [-0.25, -0.2) is 8.42 Å². The number of carbonyl (C=O) groups is 1. The number of nitro groups is 1. The monoisotopic (exact) mass is 301 g/mol. The summed E-state index contributed by atoms with van der Waals surface area (Å²) in [6, 6.07) is 3.51. The van der Waals surface area contributed by atoms with Gasteiger partial charge in [-0.15, -0.1) is 0 Å². The van der Waals surface area contributed by atoms with Crippen molar-refractivity contribution in [3.63, 3.8) is 0 Å². The van der Waals surface area contributed by atoms with Crippen LogP contribution in [0.3, 0.4) is 0 Å². The lowest BCUT2D eigenvalue weighted by atomic mass is 10.2.